The third-order valence-corrected chi connectivity index (χ3v) is 4.39. The minimum absolute atomic E-state index is 0.169. The second-order valence-electron chi connectivity index (χ2n) is 4.92. The van der Waals surface area contributed by atoms with Gasteiger partial charge in [0, 0.05) is 5.69 Å². The molecular formula is C14H10Cl3F4N3O. The van der Waals surface area contributed by atoms with Crippen molar-refractivity contribution in [2.45, 2.75) is 25.8 Å². The Bertz CT molecular complexity index is 798. The van der Waals surface area contributed by atoms with E-state index in [1.807, 2.05) is 0 Å². The molecular weight excluding hydrogens is 409 g/mol. The van der Waals surface area contributed by atoms with E-state index in [0.717, 1.165) is 0 Å². The van der Waals surface area contributed by atoms with Gasteiger partial charge in [0.25, 0.3) is 12.9 Å². The van der Waals surface area contributed by atoms with Crippen molar-refractivity contribution in [2.75, 3.05) is 5.32 Å². The van der Waals surface area contributed by atoms with Crippen molar-refractivity contribution >= 4 is 46.4 Å². The van der Waals surface area contributed by atoms with Gasteiger partial charge in [-0.05, 0) is 25.1 Å². The predicted molar refractivity (Wildman–Crippen MR) is 87.0 cm³/mol. The lowest BCUT2D eigenvalue weighted by atomic mass is 10.2. The Labute approximate surface area is 154 Å². The molecule has 0 aliphatic carbocycles. The molecule has 1 amide bonds. The van der Waals surface area contributed by atoms with Gasteiger partial charge < -0.3 is 5.32 Å². The van der Waals surface area contributed by atoms with E-state index in [0.29, 0.717) is 4.68 Å². The summed E-state index contributed by atoms with van der Waals surface area (Å²) in [7, 11) is 0. The number of hydrogen-bond donors (Lipinski definition) is 1. The maximum atomic E-state index is 13.2. The highest BCUT2D eigenvalue weighted by molar-refractivity contribution is 6.42. The molecule has 1 heterocycles. The molecule has 0 saturated heterocycles. The van der Waals surface area contributed by atoms with E-state index in [2.05, 4.69) is 10.4 Å². The Morgan fingerprint density at radius 2 is 1.76 bits per heavy atom. The van der Waals surface area contributed by atoms with Crippen molar-refractivity contribution in [1.82, 2.24) is 9.78 Å². The summed E-state index contributed by atoms with van der Waals surface area (Å²) in [6.07, 6.45) is -6.34. The molecule has 2 aromatic rings. The van der Waals surface area contributed by atoms with E-state index in [4.69, 9.17) is 34.8 Å². The molecule has 4 nitrogen and oxygen atoms in total. The zero-order chi connectivity index (χ0) is 18.9. The number of halogens is 7. The summed E-state index contributed by atoms with van der Waals surface area (Å²) in [5.41, 5.74) is -1.71. The summed E-state index contributed by atoms with van der Waals surface area (Å²) in [5.74, 6) is -0.778. The summed E-state index contributed by atoms with van der Waals surface area (Å²) in [6.45, 7) is 1.22. The van der Waals surface area contributed by atoms with Gasteiger partial charge in [-0.3, -0.25) is 4.79 Å². The van der Waals surface area contributed by atoms with Gasteiger partial charge in [0.05, 0.1) is 15.1 Å². The molecule has 0 fully saturated rings. The van der Waals surface area contributed by atoms with Crippen LogP contribution in [0.4, 0.5) is 23.2 Å². The molecule has 1 atom stereocenters. The van der Waals surface area contributed by atoms with Gasteiger partial charge in [-0.1, -0.05) is 34.8 Å². The molecule has 1 unspecified atom stereocenters. The Morgan fingerprint density at radius 1 is 1.12 bits per heavy atom. The average molecular weight is 419 g/mol. The lowest BCUT2D eigenvalue weighted by Crippen LogP contribution is -2.26. The number of nitrogens with zero attached hydrogens (tertiary/aromatic N) is 2. The van der Waals surface area contributed by atoms with Crippen molar-refractivity contribution < 1.29 is 22.4 Å². The van der Waals surface area contributed by atoms with Crippen molar-refractivity contribution in [3.63, 3.8) is 0 Å². The monoisotopic (exact) mass is 417 g/mol. The fourth-order valence-electron chi connectivity index (χ4n) is 2.01. The highest BCUT2D eigenvalue weighted by Crippen LogP contribution is 2.36. The van der Waals surface area contributed by atoms with Crippen LogP contribution in [-0.4, -0.2) is 15.7 Å². The van der Waals surface area contributed by atoms with Gasteiger partial charge in [0.2, 0.25) is 5.91 Å². The maximum Gasteiger partial charge on any atom is 0.283 e. The average Bonchev–Trinajstić information content (AvgIpc) is 2.87. The zero-order valence-electron chi connectivity index (χ0n) is 12.4. The van der Waals surface area contributed by atoms with Crippen molar-refractivity contribution in [3.05, 3.63) is 44.7 Å². The van der Waals surface area contributed by atoms with Crippen LogP contribution < -0.4 is 5.32 Å². The minimum Gasteiger partial charge on any atom is -0.324 e. The van der Waals surface area contributed by atoms with Crippen LogP contribution in [0.15, 0.2) is 18.2 Å². The molecule has 136 valence electrons. The summed E-state index contributed by atoms with van der Waals surface area (Å²) in [4.78, 5) is 12.3. The minimum atomic E-state index is -3.19. The number of alkyl halides is 4. The number of aromatic nitrogens is 2. The highest BCUT2D eigenvalue weighted by Gasteiger charge is 2.31. The molecule has 1 N–H and O–H groups in total. The third-order valence-electron chi connectivity index (χ3n) is 3.26. The molecule has 1 aromatic carbocycles. The lowest BCUT2D eigenvalue weighted by molar-refractivity contribution is -0.119. The van der Waals surface area contributed by atoms with E-state index in [-0.39, 0.29) is 15.7 Å². The Hall–Kier alpha value is -1.51. The second-order valence-corrected chi connectivity index (χ2v) is 6.12. The van der Waals surface area contributed by atoms with Gasteiger partial charge in [0.1, 0.15) is 17.4 Å². The zero-order valence-corrected chi connectivity index (χ0v) is 14.7. The molecule has 0 aliphatic heterocycles. The van der Waals surface area contributed by atoms with Crippen LogP contribution in [-0.2, 0) is 4.79 Å². The first-order valence-corrected chi connectivity index (χ1v) is 7.86. The maximum absolute atomic E-state index is 13.2. The van der Waals surface area contributed by atoms with Crippen molar-refractivity contribution in [1.29, 1.82) is 0 Å². The Balaban J connectivity index is 2.32. The van der Waals surface area contributed by atoms with Crippen LogP contribution in [0.25, 0.3) is 0 Å². The number of anilines is 1. The van der Waals surface area contributed by atoms with Crippen molar-refractivity contribution in [3.8, 4) is 0 Å². The van der Waals surface area contributed by atoms with Crippen LogP contribution in [0.1, 0.15) is 37.2 Å². The van der Waals surface area contributed by atoms with Crippen LogP contribution in [0, 0.1) is 0 Å². The topological polar surface area (TPSA) is 46.9 Å². The fraction of sp³-hybridized carbons (Fsp3) is 0.286. The normalized spacial score (nSPS) is 12.7. The van der Waals surface area contributed by atoms with Gasteiger partial charge in [-0.15, -0.1) is 0 Å². The van der Waals surface area contributed by atoms with Gasteiger partial charge in [-0.2, -0.15) is 5.10 Å². The number of nitrogens with one attached hydrogen (secondary N) is 1. The Morgan fingerprint density at radius 3 is 2.28 bits per heavy atom. The smallest absolute Gasteiger partial charge is 0.283 e. The molecule has 1 aromatic heterocycles. The predicted octanol–water partition coefficient (Wildman–Crippen LogP) is 5.92. The van der Waals surface area contributed by atoms with Crippen LogP contribution in [0.5, 0.6) is 0 Å². The molecule has 11 heteroatoms. The number of benzene rings is 1. The van der Waals surface area contributed by atoms with E-state index in [9.17, 15) is 22.4 Å². The summed E-state index contributed by atoms with van der Waals surface area (Å²) in [6, 6.07) is 2.88. The third kappa shape index (κ3) is 4.19. The van der Waals surface area contributed by atoms with Crippen LogP contribution in [0.3, 0.4) is 0 Å². The molecule has 0 spiro atoms. The van der Waals surface area contributed by atoms with E-state index in [1.165, 1.54) is 25.1 Å². The quantitative estimate of drug-likeness (QED) is 0.613. The van der Waals surface area contributed by atoms with Gasteiger partial charge in [0.15, 0.2) is 0 Å². The summed E-state index contributed by atoms with van der Waals surface area (Å²) >= 11 is 17.1. The van der Waals surface area contributed by atoms with Crippen molar-refractivity contribution in [2.24, 2.45) is 0 Å². The van der Waals surface area contributed by atoms with Gasteiger partial charge in [-0.25, -0.2) is 22.2 Å². The molecule has 0 saturated carbocycles. The molecule has 2 rings (SSSR count). The lowest BCUT2D eigenvalue weighted by Gasteiger charge is -2.16. The second kappa shape index (κ2) is 7.80. The Kier molecular flexibility index (Phi) is 6.18. The standard InChI is InChI=1S/C14H10Cl3F4N3O/c1-5(14(25)22-6-2-3-7(15)8(16)4-6)24-11(13(20)21)9(17)10(23-24)12(18)19/h2-5,12-13H,1H3,(H,22,25). The molecule has 0 aliphatic rings. The fourth-order valence-corrected chi connectivity index (χ4v) is 2.60. The van der Waals surface area contributed by atoms with E-state index >= 15 is 0 Å². The molecule has 0 bridgehead atoms. The first-order valence-electron chi connectivity index (χ1n) is 6.73. The number of carbonyl (C=O) groups excluding carboxylic acids is 1. The van der Waals surface area contributed by atoms with Crippen LogP contribution >= 0.6 is 34.8 Å². The number of rotatable bonds is 5. The summed E-state index contributed by atoms with van der Waals surface area (Å²) < 4.78 is 52.5. The highest BCUT2D eigenvalue weighted by atomic mass is 35.5. The first-order chi connectivity index (χ1) is 11.6. The van der Waals surface area contributed by atoms with E-state index in [1.54, 1.807) is 0 Å². The van der Waals surface area contributed by atoms with Crippen LogP contribution in [0.2, 0.25) is 15.1 Å². The number of carbonyl (C=O) groups is 1. The molecule has 25 heavy (non-hydrogen) atoms. The molecule has 0 radical (unpaired) electrons. The van der Waals surface area contributed by atoms with Gasteiger partial charge >= 0.3 is 0 Å². The summed E-state index contributed by atoms with van der Waals surface area (Å²) in [5, 5.41) is 5.35. The first kappa shape index (κ1) is 19.8. The SMILES string of the molecule is CC(C(=O)Nc1ccc(Cl)c(Cl)c1)n1nc(C(F)F)c(Cl)c1C(F)F. The van der Waals surface area contributed by atoms with E-state index < -0.39 is 41.2 Å². The largest absolute Gasteiger partial charge is 0.324 e. The number of hydrogen-bond acceptors (Lipinski definition) is 2. The number of amides is 1.